The van der Waals surface area contributed by atoms with Gasteiger partial charge in [-0.3, -0.25) is 0 Å². The summed E-state index contributed by atoms with van der Waals surface area (Å²) in [7, 11) is 0. The van der Waals surface area contributed by atoms with Crippen LogP contribution in [0.4, 0.5) is 0 Å². The summed E-state index contributed by atoms with van der Waals surface area (Å²) in [5.74, 6) is 0. The van der Waals surface area contributed by atoms with Gasteiger partial charge < -0.3 is 10.2 Å². The maximum absolute atomic E-state index is 4.35. The van der Waals surface area contributed by atoms with Crippen LogP contribution in [-0.4, -0.2) is 42.1 Å². The lowest BCUT2D eigenvalue weighted by Gasteiger charge is -2.33. The molecular formula is C13H23N3S. The molecule has 0 amide bonds. The zero-order valence-corrected chi connectivity index (χ0v) is 11.5. The lowest BCUT2D eigenvalue weighted by molar-refractivity contribution is 0.193. The Morgan fingerprint density at radius 3 is 3.29 bits per heavy atom. The Bertz CT molecular complexity index is 300. The Morgan fingerprint density at radius 1 is 1.59 bits per heavy atom. The molecule has 0 aliphatic carbocycles. The highest BCUT2D eigenvalue weighted by Gasteiger charge is 2.18. The molecule has 3 nitrogen and oxygen atoms in total. The van der Waals surface area contributed by atoms with Gasteiger partial charge in [0.1, 0.15) is 0 Å². The molecule has 1 aliphatic rings. The Kier molecular flexibility index (Phi) is 5.42. The molecule has 0 aromatic carbocycles. The molecule has 0 radical (unpaired) electrons. The standard InChI is InChI=1S/C13H23N3S/c1-2-6-14-12-4-3-8-16(11-12)9-5-13-15-7-10-17-13/h7,10,12,14H,2-6,8-9,11H2,1H3. The zero-order valence-electron chi connectivity index (χ0n) is 10.7. The molecule has 96 valence electrons. The van der Waals surface area contributed by atoms with Crippen molar-refractivity contribution < 1.29 is 0 Å². The fourth-order valence-corrected chi connectivity index (χ4v) is 3.01. The van der Waals surface area contributed by atoms with Crippen LogP contribution in [0.25, 0.3) is 0 Å². The van der Waals surface area contributed by atoms with Crippen molar-refractivity contribution in [2.24, 2.45) is 0 Å². The second-order valence-corrected chi connectivity index (χ2v) is 5.75. The van der Waals surface area contributed by atoms with Crippen molar-refractivity contribution in [2.75, 3.05) is 26.2 Å². The first-order valence-corrected chi connectivity index (χ1v) is 7.60. The van der Waals surface area contributed by atoms with Gasteiger partial charge in [0.2, 0.25) is 0 Å². The van der Waals surface area contributed by atoms with Crippen molar-refractivity contribution in [2.45, 2.75) is 38.6 Å². The topological polar surface area (TPSA) is 28.2 Å². The van der Waals surface area contributed by atoms with Gasteiger partial charge in [0, 0.05) is 37.1 Å². The van der Waals surface area contributed by atoms with Crippen molar-refractivity contribution in [1.82, 2.24) is 15.2 Å². The molecule has 1 aromatic rings. The highest BCUT2D eigenvalue weighted by Crippen LogP contribution is 2.12. The van der Waals surface area contributed by atoms with Crippen LogP contribution in [0.15, 0.2) is 11.6 Å². The molecular weight excluding hydrogens is 230 g/mol. The number of hydrogen-bond acceptors (Lipinski definition) is 4. The maximum Gasteiger partial charge on any atom is 0.0937 e. The molecule has 2 heterocycles. The number of nitrogens with zero attached hydrogens (tertiary/aromatic N) is 2. The van der Waals surface area contributed by atoms with Gasteiger partial charge in [-0.2, -0.15) is 0 Å². The third kappa shape index (κ3) is 4.37. The van der Waals surface area contributed by atoms with Crippen molar-refractivity contribution in [3.8, 4) is 0 Å². The van der Waals surface area contributed by atoms with Crippen molar-refractivity contribution in [1.29, 1.82) is 0 Å². The van der Waals surface area contributed by atoms with Gasteiger partial charge >= 0.3 is 0 Å². The van der Waals surface area contributed by atoms with Gasteiger partial charge in [-0.15, -0.1) is 11.3 Å². The normalized spacial score (nSPS) is 21.8. The lowest BCUT2D eigenvalue weighted by atomic mass is 10.1. The maximum atomic E-state index is 4.35. The van der Waals surface area contributed by atoms with Crippen LogP contribution in [0.2, 0.25) is 0 Å². The number of likely N-dealkylation sites (tertiary alicyclic amines) is 1. The minimum atomic E-state index is 0.708. The molecule has 1 N–H and O–H groups in total. The molecule has 17 heavy (non-hydrogen) atoms. The Labute approximate surface area is 108 Å². The minimum Gasteiger partial charge on any atom is -0.313 e. The summed E-state index contributed by atoms with van der Waals surface area (Å²) in [6.07, 6.45) is 6.92. The molecule has 1 atom stereocenters. The Balaban J connectivity index is 1.69. The quantitative estimate of drug-likeness (QED) is 0.842. The summed E-state index contributed by atoms with van der Waals surface area (Å²) in [6, 6.07) is 0.708. The average Bonchev–Trinajstić information content (AvgIpc) is 2.87. The third-order valence-electron chi connectivity index (χ3n) is 3.31. The lowest BCUT2D eigenvalue weighted by Crippen LogP contribution is -2.46. The SMILES string of the molecule is CCCNC1CCCN(CCc2nccs2)C1. The van der Waals surface area contributed by atoms with E-state index < -0.39 is 0 Å². The highest BCUT2D eigenvalue weighted by atomic mass is 32.1. The van der Waals surface area contributed by atoms with Crippen molar-refractivity contribution >= 4 is 11.3 Å². The van der Waals surface area contributed by atoms with Crippen LogP contribution in [0.3, 0.4) is 0 Å². The number of thiazole rings is 1. The molecule has 2 rings (SSSR count). The number of nitrogens with one attached hydrogen (secondary N) is 1. The molecule has 4 heteroatoms. The van der Waals surface area contributed by atoms with Crippen LogP contribution in [0, 0.1) is 0 Å². The predicted molar refractivity (Wildman–Crippen MR) is 73.6 cm³/mol. The number of rotatable bonds is 6. The summed E-state index contributed by atoms with van der Waals surface area (Å²) >= 11 is 1.77. The first-order chi connectivity index (χ1) is 8.38. The van der Waals surface area contributed by atoms with Crippen molar-refractivity contribution in [3.63, 3.8) is 0 Å². The second kappa shape index (κ2) is 7.09. The van der Waals surface area contributed by atoms with Crippen LogP contribution in [-0.2, 0) is 6.42 Å². The van der Waals surface area contributed by atoms with Crippen LogP contribution in [0.1, 0.15) is 31.2 Å². The Hall–Kier alpha value is -0.450. The van der Waals surface area contributed by atoms with Gasteiger partial charge in [-0.25, -0.2) is 4.98 Å². The molecule has 1 unspecified atom stereocenters. The third-order valence-corrected chi connectivity index (χ3v) is 4.15. The van der Waals surface area contributed by atoms with Crippen molar-refractivity contribution in [3.05, 3.63) is 16.6 Å². The number of piperidine rings is 1. The van der Waals surface area contributed by atoms with E-state index in [9.17, 15) is 0 Å². The average molecular weight is 253 g/mol. The number of hydrogen-bond donors (Lipinski definition) is 1. The van der Waals surface area contributed by atoms with Gasteiger partial charge in [0.25, 0.3) is 0 Å². The van der Waals surface area contributed by atoms with Gasteiger partial charge in [0.15, 0.2) is 0 Å². The van der Waals surface area contributed by atoms with E-state index in [0.717, 1.165) is 19.5 Å². The van der Waals surface area contributed by atoms with E-state index in [2.05, 4.69) is 27.5 Å². The van der Waals surface area contributed by atoms with E-state index in [1.165, 1.54) is 37.4 Å². The van der Waals surface area contributed by atoms with Crippen LogP contribution < -0.4 is 5.32 Å². The molecule has 1 saturated heterocycles. The summed E-state index contributed by atoms with van der Waals surface area (Å²) in [4.78, 5) is 6.93. The van der Waals surface area contributed by atoms with Gasteiger partial charge in [-0.1, -0.05) is 6.92 Å². The Morgan fingerprint density at radius 2 is 2.53 bits per heavy atom. The highest BCUT2D eigenvalue weighted by molar-refractivity contribution is 7.09. The van der Waals surface area contributed by atoms with Crippen LogP contribution in [0.5, 0.6) is 0 Å². The van der Waals surface area contributed by atoms with E-state index in [0.29, 0.717) is 6.04 Å². The summed E-state index contributed by atoms with van der Waals surface area (Å²) in [5.41, 5.74) is 0. The summed E-state index contributed by atoms with van der Waals surface area (Å²) in [6.45, 7) is 7.03. The number of aromatic nitrogens is 1. The fraction of sp³-hybridized carbons (Fsp3) is 0.769. The minimum absolute atomic E-state index is 0.708. The van der Waals surface area contributed by atoms with E-state index in [1.54, 1.807) is 11.3 Å². The second-order valence-electron chi connectivity index (χ2n) is 4.77. The van der Waals surface area contributed by atoms with Gasteiger partial charge in [-0.05, 0) is 32.4 Å². The predicted octanol–water partition coefficient (Wildman–Crippen LogP) is 2.15. The molecule has 1 fully saturated rings. The van der Waals surface area contributed by atoms with Crippen LogP contribution >= 0.6 is 11.3 Å². The molecule has 1 aromatic heterocycles. The van der Waals surface area contributed by atoms with E-state index in [-0.39, 0.29) is 0 Å². The van der Waals surface area contributed by atoms with E-state index >= 15 is 0 Å². The molecule has 1 aliphatic heterocycles. The monoisotopic (exact) mass is 253 g/mol. The summed E-state index contributed by atoms with van der Waals surface area (Å²) < 4.78 is 0. The smallest absolute Gasteiger partial charge is 0.0937 e. The fourth-order valence-electron chi connectivity index (χ4n) is 2.40. The molecule has 0 spiro atoms. The first kappa shape index (κ1) is 13.0. The molecule has 0 bridgehead atoms. The van der Waals surface area contributed by atoms with Gasteiger partial charge in [0.05, 0.1) is 5.01 Å². The zero-order chi connectivity index (χ0) is 11.9. The first-order valence-electron chi connectivity index (χ1n) is 6.72. The van der Waals surface area contributed by atoms with E-state index in [4.69, 9.17) is 0 Å². The largest absolute Gasteiger partial charge is 0.313 e. The van der Waals surface area contributed by atoms with E-state index in [1.807, 2.05) is 6.20 Å². The summed E-state index contributed by atoms with van der Waals surface area (Å²) in [5, 5.41) is 6.98. The molecule has 0 saturated carbocycles.